The maximum absolute atomic E-state index is 3.66. The van der Waals surface area contributed by atoms with Crippen molar-refractivity contribution in [2.45, 2.75) is 70.8 Å². The molecular weight excluding hydrogens is 182 g/mol. The fourth-order valence-corrected chi connectivity index (χ4v) is 3.62. The number of hydrogen-bond acceptors (Lipinski definition) is 1. The standard InChI is InChI=1S/C14H27N/c1-2-12(11-14-9-6-10-15-14)13-7-4-3-5-8-13/h12-15H,2-11H2,1H3. The molecule has 1 aliphatic carbocycles. The third-order valence-electron chi connectivity index (χ3n) is 4.59. The van der Waals surface area contributed by atoms with Gasteiger partial charge in [0.1, 0.15) is 0 Å². The van der Waals surface area contributed by atoms with E-state index in [0.29, 0.717) is 0 Å². The molecular formula is C14H27N. The van der Waals surface area contributed by atoms with Gasteiger partial charge in [0.25, 0.3) is 0 Å². The van der Waals surface area contributed by atoms with Crippen LogP contribution in [0.5, 0.6) is 0 Å². The van der Waals surface area contributed by atoms with Gasteiger partial charge >= 0.3 is 0 Å². The minimum atomic E-state index is 0.858. The molecule has 15 heavy (non-hydrogen) atoms. The zero-order chi connectivity index (χ0) is 10.5. The van der Waals surface area contributed by atoms with Gasteiger partial charge in [-0.05, 0) is 37.6 Å². The van der Waals surface area contributed by atoms with E-state index in [1.54, 1.807) is 0 Å². The van der Waals surface area contributed by atoms with Crippen LogP contribution in [0.4, 0.5) is 0 Å². The monoisotopic (exact) mass is 209 g/mol. The van der Waals surface area contributed by atoms with E-state index in [1.807, 2.05) is 0 Å². The SMILES string of the molecule is CCC(CC1CCCN1)C1CCCCC1. The molecule has 2 unspecified atom stereocenters. The molecule has 0 spiro atoms. The lowest BCUT2D eigenvalue weighted by Gasteiger charge is -2.31. The zero-order valence-corrected chi connectivity index (χ0v) is 10.3. The van der Waals surface area contributed by atoms with Crippen molar-refractivity contribution < 1.29 is 0 Å². The van der Waals surface area contributed by atoms with Gasteiger partial charge in [-0.2, -0.15) is 0 Å². The van der Waals surface area contributed by atoms with Crippen molar-refractivity contribution in [3.05, 3.63) is 0 Å². The van der Waals surface area contributed by atoms with Crippen LogP contribution in [0.2, 0.25) is 0 Å². The molecule has 0 amide bonds. The summed E-state index contributed by atoms with van der Waals surface area (Å²) in [4.78, 5) is 0. The normalized spacial score (nSPS) is 30.6. The van der Waals surface area contributed by atoms with E-state index in [4.69, 9.17) is 0 Å². The van der Waals surface area contributed by atoms with Crippen molar-refractivity contribution in [3.8, 4) is 0 Å². The maximum atomic E-state index is 3.66. The summed E-state index contributed by atoms with van der Waals surface area (Å²) in [6, 6.07) is 0.858. The minimum Gasteiger partial charge on any atom is -0.314 e. The summed E-state index contributed by atoms with van der Waals surface area (Å²) >= 11 is 0. The largest absolute Gasteiger partial charge is 0.314 e. The Labute approximate surface area is 95.0 Å². The molecule has 1 nitrogen and oxygen atoms in total. The van der Waals surface area contributed by atoms with Crippen molar-refractivity contribution in [2.24, 2.45) is 11.8 Å². The van der Waals surface area contributed by atoms with Crippen molar-refractivity contribution in [2.75, 3.05) is 6.54 Å². The lowest BCUT2D eigenvalue weighted by Crippen LogP contribution is -2.28. The van der Waals surface area contributed by atoms with Gasteiger partial charge < -0.3 is 5.32 Å². The Balaban J connectivity index is 1.79. The van der Waals surface area contributed by atoms with Gasteiger partial charge in [0.2, 0.25) is 0 Å². The van der Waals surface area contributed by atoms with Crippen LogP contribution in [-0.2, 0) is 0 Å². The molecule has 1 heteroatoms. The third kappa shape index (κ3) is 3.21. The first-order chi connectivity index (χ1) is 7.40. The molecule has 88 valence electrons. The first-order valence-electron chi connectivity index (χ1n) is 7.13. The molecule has 1 N–H and O–H groups in total. The molecule has 2 fully saturated rings. The summed E-state index contributed by atoms with van der Waals surface area (Å²) in [6.07, 6.45) is 13.2. The van der Waals surface area contributed by atoms with Crippen molar-refractivity contribution in [1.82, 2.24) is 5.32 Å². The van der Waals surface area contributed by atoms with Crippen molar-refractivity contribution in [1.29, 1.82) is 0 Å². The van der Waals surface area contributed by atoms with Crippen LogP contribution in [0.3, 0.4) is 0 Å². The lowest BCUT2D eigenvalue weighted by molar-refractivity contribution is 0.215. The molecule has 0 bridgehead atoms. The highest BCUT2D eigenvalue weighted by molar-refractivity contribution is 4.81. The molecule has 2 rings (SSSR count). The van der Waals surface area contributed by atoms with Crippen LogP contribution in [0.25, 0.3) is 0 Å². The fraction of sp³-hybridized carbons (Fsp3) is 1.00. The van der Waals surface area contributed by atoms with Crippen LogP contribution >= 0.6 is 0 Å². The molecule has 0 aromatic heterocycles. The van der Waals surface area contributed by atoms with Gasteiger partial charge in [-0.25, -0.2) is 0 Å². The topological polar surface area (TPSA) is 12.0 Å². The van der Waals surface area contributed by atoms with Gasteiger partial charge in [0.05, 0.1) is 0 Å². The molecule has 0 radical (unpaired) electrons. The van der Waals surface area contributed by atoms with Gasteiger partial charge in [-0.15, -0.1) is 0 Å². The van der Waals surface area contributed by atoms with Crippen LogP contribution in [0, 0.1) is 11.8 Å². The van der Waals surface area contributed by atoms with Gasteiger partial charge in [-0.1, -0.05) is 45.4 Å². The molecule has 2 atom stereocenters. The van der Waals surface area contributed by atoms with E-state index < -0.39 is 0 Å². The summed E-state index contributed by atoms with van der Waals surface area (Å²) in [7, 11) is 0. The smallest absolute Gasteiger partial charge is 0.00702 e. The highest BCUT2D eigenvalue weighted by Crippen LogP contribution is 2.35. The van der Waals surface area contributed by atoms with E-state index in [9.17, 15) is 0 Å². The number of hydrogen-bond donors (Lipinski definition) is 1. The Morgan fingerprint density at radius 1 is 1.07 bits per heavy atom. The predicted molar refractivity (Wildman–Crippen MR) is 66.0 cm³/mol. The Bertz CT molecular complexity index is 166. The predicted octanol–water partition coefficient (Wildman–Crippen LogP) is 3.74. The summed E-state index contributed by atoms with van der Waals surface area (Å²) in [5.74, 6) is 2.08. The maximum Gasteiger partial charge on any atom is 0.00702 e. The van der Waals surface area contributed by atoms with E-state index in [1.165, 1.54) is 64.3 Å². The second-order valence-electron chi connectivity index (χ2n) is 5.60. The van der Waals surface area contributed by atoms with Crippen molar-refractivity contribution in [3.63, 3.8) is 0 Å². The molecule has 0 aromatic carbocycles. The average molecular weight is 209 g/mol. The first kappa shape index (κ1) is 11.4. The fourth-order valence-electron chi connectivity index (χ4n) is 3.62. The Kier molecular flexibility index (Phi) is 4.49. The molecule has 0 aromatic rings. The summed E-state index contributed by atoms with van der Waals surface area (Å²) < 4.78 is 0. The molecule has 2 aliphatic rings. The minimum absolute atomic E-state index is 0.858. The summed E-state index contributed by atoms with van der Waals surface area (Å²) in [6.45, 7) is 3.67. The second kappa shape index (κ2) is 5.89. The Morgan fingerprint density at radius 3 is 2.47 bits per heavy atom. The van der Waals surface area contributed by atoms with Crippen LogP contribution in [0.1, 0.15) is 64.7 Å². The van der Waals surface area contributed by atoms with Crippen LogP contribution in [0.15, 0.2) is 0 Å². The van der Waals surface area contributed by atoms with Crippen LogP contribution in [-0.4, -0.2) is 12.6 Å². The molecule has 1 aliphatic heterocycles. The Morgan fingerprint density at radius 2 is 1.87 bits per heavy atom. The Hall–Kier alpha value is -0.0400. The highest BCUT2D eigenvalue weighted by Gasteiger charge is 2.26. The summed E-state index contributed by atoms with van der Waals surface area (Å²) in [5, 5.41) is 3.66. The quantitative estimate of drug-likeness (QED) is 0.744. The molecule has 1 heterocycles. The molecule has 1 saturated carbocycles. The number of nitrogens with one attached hydrogen (secondary N) is 1. The van der Waals surface area contributed by atoms with Gasteiger partial charge in [0, 0.05) is 6.04 Å². The zero-order valence-electron chi connectivity index (χ0n) is 10.3. The van der Waals surface area contributed by atoms with Crippen LogP contribution < -0.4 is 5.32 Å². The number of rotatable bonds is 4. The van der Waals surface area contributed by atoms with E-state index in [2.05, 4.69) is 12.2 Å². The molecule has 1 saturated heterocycles. The highest BCUT2D eigenvalue weighted by atomic mass is 14.9. The van der Waals surface area contributed by atoms with Crippen molar-refractivity contribution >= 4 is 0 Å². The first-order valence-corrected chi connectivity index (χ1v) is 7.13. The lowest BCUT2D eigenvalue weighted by atomic mass is 9.76. The van der Waals surface area contributed by atoms with E-state index in [-0.39, 0.29) is 0 Å². The summed E-state index contributed by atoms with van der Waals surface area (Å²) in [5.41, 5.74) is 0. The van der Waals surface area contributed by atoms with Gasteiger partial charge in [-0.3, -0.25) is 0 Å². The van der Waals surface area contributed by atoms with E-state index in [0.717, 1.165) is 17.9 Å². The third-order valence-corrected chi connectivity index (χ3v) is 4.59. The average Bonchev–Trinajstić information content (AvgIpc) is 2.80. The van der Waals surface area contributed by atoms with E-state index >= 15 is 0 Å². The van der Waals surface area contributed by atoms with Gasteiger partial charge in [0.15, 0.2) is 0 Å². The second-order valence-corrected chi connectivity index (χ2v) is 5.60.